The SMILES string of the molecule is Cc1cc(Br)c(NS(=O)(=O)N2CCCCC2C)cc1N. The Kier molecular flexibility index (Phi) is 4.61. The van der Waals surface area contributed by atoms with Gasteiger partial charge in [-0.25, -0.2) is 0 Å². The zero-order valence-electron chi connectivity index (χ0n) is 11.7. The molecule has 0 spiro atoms. The normalized spacial score (nSPS) is 20.9. The molecule has 2 rings (SSSR count). The molecule has 3 N–H and O–H groups in total. The molecular weight excluding hydrogens is 342 g/mol. The lowest BCUT2D eigenvalue weighted by molar-refractivity contribution is 0.270. The van der Waals surface area contributed by atoms with Gasteiger partial charge < -0.3 is 5.73 Å². The molecule has 0 saturated carbocycles. The number of nitrogen functional groups attached to an aromatic ring is 1. The number of hydrogen-bond donors (Lipinski definition) is 2. The number of anilines is 2. The fourth-order valence-corrected chi connectivity index (χ4v) is 4.59. The minimum Gasteiger partial charge on any atom is -0.398 e. The van der Waals surface area contributed by atoms with Crippen molar-refractivity contribution < 1.29 is 8.42 Å². The van der Waals surface area contributed by atoms with Crippen molar-refractivity contribution in [1.29, 1.82) is 0 Å². The molecule has 7 heteroatoms. The molecule has 1 fully saturated rings. The second kappa shape index (κ2) is 5.91. The summed E-state index contributed by atoms with van der Waals surface area (Å²) in [5, 5.41) is 0. The highest BCUT2D eigenvalue weighted by Crippen LogP contribution is 2.30. The van der Waals surface area contributed by atoms with Crippen molar-refractivity contribution in [3.8, 4) is 0 Å². The maximum atomic E-state index is 12.5. The summed E-state index contributed by atoms with van der Waals surface area (Å²) in [5.41, 5.74) is 7.80. The van der Waals surface area contributed by atoms with Gasteiger partial charge in [-0.2, -0.15) is 12.7 Å². The first-order valence-electron chi connectivity index (χ1n) is 6.66. The van der Waals surface area contributed by atoms with Crippen LogP contribution >= 0.6 is 15.9 Å². The molecular formula is C13H20BrN3O2S. The fourth-order valence-electron chi connectivity index (χ4n) is 2.39. The number of nitrogens with zero attached hydrogens (tertiary/aromatic N) is 1. The second-order valence-electron chi connectivity index (χ2n) is 5.25. The molecule has 1 unspecified atom stereocenters. The lowest BCUT2D eigenvalue weighted by Crippen LogP contribution is -2.44. The van der Waals surface area contributed by atoms with Crippen molar-refractivity contribution in [3.05, 3.63) is 22.2 Å². The van der Waals surface area contributed by atoms with Gasteiger partial charge in [-0.05, 0) is 60.3 Å². The van der Waals surface area contributed by atoms with Gasteiger partial charge in [0.2, 0.25) is 0 Å². The predicted molar refractivity (Wildman–Crippen MR) is 85.9 cm³/mol. The van der Waals surface area contributed by atoms with E-state index in [4.69, 9.17) is 5.73 Å². The second-order valence-corrected chi connectivity index (χ2v) is 7.73. The van der Waals surface area contributed by atoms with Crippen LogP contribution in [0.5, 0.6) is 0 Å². The lowest BCUT2D eigenvalue weighted by atomic mass is 10.1. The highest BCUT2D eigenvalue weighted by atomic mass is 79.9. The molecule has 5 nitrogen and oxygen atoms in total. The maximum absolute atomic E-state index is 12.5. The van der Waals surface area contributed by atoms with Crippen molar-refractivity contribution in [2.75, 3.05) is 17.0 Å². The molecule has 0 aromatic heterocycles. The number of rotatable bonds is 3. The number of hydrogen-bond acceptors (Lipinski definition) is 3. The van der Waals surface area contributed by atoms with Crippen molar-refractivity contribution in [3.63, 3.8) is 0 Å². The third kappa shape index (κ3) is 3.27. The third-order valence-corrected chi connectivity index (χ3v) is 5.94. The molecule has 0 radical (unpaired) electrons. The molecule has 1 aliphatic heterocycles. The van der Waals surface area contributed by atoms with Crippen molar-refractivity contribution in [2.45, 2.75) is 39.2 Å². The van der Waals surface area contributed by atoms with E-state index >= 15 is 0 Å². The van der Waals surface area contributed by atoms with E-state index in [-0.39, 0.29) is 6.04 Å². The smallest absolute Gasteiger partial charge is 0.301 e. The van der Waals surface area contributed by atoms with Crippen LogP contribution in [0.3, 0.4) is 0 Å². The third-order valence-electron chi connectivity index (χ3n) is 3.65. The highest BCUT2D eigenvalue weighted by Gasteiger charge is 2.29. The summed E-state index contributed by atoms with van der Waals surface area (Å²) >= 11 is 3.37. The van der Waals surface area contributed by atoms with Gasteiger partial charge in [-0.15, -0.1) is 0 Å². The Morgan fingerprint density at radius 2 is 2.10 bits per heavy atom. The Hall–Kier alpha value is -0.790. The molecule has 112 valence electrons. The van der Waals surface area contributed by atoms with Crippen LogP contribution < -0.4 is 10.5 Å². The predicted octanol–water partition coefficient (Wildman–Crippen LogP) is 2.87. The van der Waals surface area contributed by atoms with Gasteiger partial charge in [-0.3, -0.25) is 4.72 Å². The standard InChI is InChI=1S/C13H20BrN3O2S/c1-9-7-11(14)13(8-12(9)15)16-20(18,19)17-6-4-3-5-10(17)2/h7-8,10,16H,3-6,15H2,1-2H3. The summed E-state index contributed by atoms with van der Waals surface area (Å²) in [7, 11) is -3.54. The summed E-state index contributed by atoms with van der Waals surface area (Å²) in [6, 6.07) is 3.49. The van der Waals surface area contributed by atoms with Gasteiger partial charge in [-0.1, -0.05) is 6.42 Å². The number of aryl methyl sites for hydroxylation is 1. The van der Waals surface area contributed by atoms with E-state index in [9.17, 15) is 8.42 Å². The van der Waals surface area contributed by atoms with Crippen LogP contribution in [-0.2, 0) is 10.2 Å². The monoisotopic (exact) mass is 361 g/mol. The molecule has 0 aliphatic carbocycles. The summed E-state index contributed by atoms with van der Waals surface area (Å²) in [4.78, 5) is 0. The van der Waals surface area contributed by atoms with Gasteiger partial charge in [0, 0.05) is 22.7 Å². The number of halogens is 1. The average Bonchev–Trinajstić information content (AvgIpc) is 2.36. The van der Waals surface area contributed by atoms with Crippen LogP contribution in [0.1, 0.15) is 31.7 Å². The number of nitrogens with two attached hydrogens (primary N) is 1. The first-order valence-corrected chi connectivity index (χ1v) is 8.90. The lowest BCUT2D eigenvalue weighted by Gasteiger charge is -2.32. The van der Waals surface area contributed by atoms with Crippen LogP contribution in [-0.4, -0.2) is 25.3 Å². The van der Waals surface area contributed by atoms with E-state index in [0.29, 0.717) is 22.4 Å². The van der Waals surface area contributed by atoms with Gasteiger partial charge >= 0.3 is 10.2 Å². The van der Waals surface area contributed by atoms with E-state index < -0.39 is 10.2 Å². The average molecular weight is 362 g/mol. The van der Waals surface area contributed by atoms with E-state index in [1.165, 1.54) is 4.31 Å². The van der Waals surface area contributed by atoms with Crippen LogP contribution in [0, 0.1) is 6.92 Å². The van der Waals surface area contributed by atoms with Gasteiger partial charge in [0.15, 0.2) is 0 Å². The quantitative estimate of drug-likeness (QED) is 0.812. The Bertz CT molecular complexity index is 604. The van der Waals surface area contributed by atoms with E-state index in [0.717, 1.165) is 24.8 Å². The molecule has 1 heterocycles. The summed E-state index contributed by atoms with van der Waals surface area (Å²) in [6.07, 6.45) is 2.88. The zero-order valence-corrected chi connectivity index (χ0v) is 14.1. The molecule has 1 aliphatic rings. The van der Waals surface area contributed by atoms with Crippen molar-refractivity contribution in [2.24, 2.45) is 0 Å². The Labute approximate surface area is 128 Å². The van der Waals surface area contributed by atoms with E-state index in [1.54, 1.807) is 6.07 Å². The molecule has 1 atom stereocenters. The number of benzene rings is 1. The van der Waals surface area contributed by atoms with E-state index in [2.05, 4.69) is 20.7 Å². The van der Waals surface area contributed by atoms with Gasteiger partial charge in [0.05, 0.1) is 5.69 Å². The van der Waals surface area contributed by atoms with Crippen LogP contribution in [0.4, 0.5) is 11.4 Å². The molecule has 1 aromatic rings. The Morgan fingerprint density at radius 3 is 2.75 bits per heavy atom. The summed E-state index contributed by atoms with van der Waals surface area (Å²) in [5.74, 6) is 0. The first kappa shape index (κ1) is 15.6. The molecule has 1 saturated heterocycles. The number of nitrogens with one attached hydrogen (secondary N) is 1. The summed E-state index contributed by atoms with van der Waals surface area (Å²) in [6.45, 7) is 4.39. The molecule has 0 amide bonds. The molecule has 1 aromatic carbocycles. The maximum Gasteiger partial charge on any atom is 0.301 e. The van der Waals surface area contributed by atoms with Crippen molar-refractivity contribution >= 4 is 37.5 Å². The zero-order chi connectivity index (χ0) is 14.9. The van der Waals surface area contributed by atoms with Gasteiger partial charge in [0.25, 0.3) is 0 Å². The fraction of sp³-hybridized carbons (Fsp3) is 0.538. The summed E-state index contributed by atoms with van der Waals surface area (Å²) < 4.78 is 29.8. The van der Waals surface area contributed by atoms with Crippen LogP contribution in [0.25, 0.3) is 0 Å². The minimum absolute atomic E-state index is 0.0304. The van der Waals surface area contributed by atoms with Crippen LogP contribution in [0.15, 0.2) is 16.6 Å². The highest BCUT2D eigenvalue weighted by molar-refractivity contribution is 9.10. The Balaban J connectivity index is 2.26. The Morgan fingerprint density at radius 1 is 1.40 bits per heavy atom. The minimum atomic E-state index is -3.54. The topological polar surface area (TPSA) is 75.4 Å². The molecule has 0 bridgehead atoms. The molecule has 20 heavy (non-hydrogen) atoms. The van der Waals surface area contributed by atoms with Gasteiger partial charge in [0.1, 0.15) is 0 Å². The largest absolute Gasteiger partial charge is 0.398 e. The van der Waals surface area contributed by atoms with E-state index in [1.807, 2.05) is 19.9 Å². The van der Waals surface area contributed by atoms with Crippen LogP contribution in [0.2, 0.25) is 0 Å². The first-order chi connectivity index (χ1) is 9.31. The van der Waals surface area contributed by atoms with Crippen molar-refractivity contribution in [1.82, 2.24) is 4.31 Å². The number of piperidine rings is 1.